The van der Waals surface area contributed by atoms with Crippen LogP contribution in [0, 0.1) is 0 Å². The highest BCUT2D eigenvalue weighted by molar-refractivity contribution is 7.08. The second kappa shape index (κ2) is 8.14. The molecule has 3 aliphatic heterocycles. The zero-order chi connectivity index (χ0) is 21.5. The Morgan fingerprint density at radius 2 is 2.03 bits per heavy atom. The predicted molar refractivity (Wildman–Crippen MR) is 117 cm³/mol. The molecule has 3 aromatic heterocycles. The smallest absolute Gasteiger partial charge is 0.187 e. The van der Waals surface area contributed by atoms with Crippen molar-refractivity contribution in [1.29, 1.82) is 0 Å². The summed E-state index contributed by atoms with van der Waals surface area (Å²) in [6.45, 7) is 1.28. The number of nitrogens with zero attached hydrogens (tertiary/aromatic N) is 3. The Morgan fingerprint density at radius 1 is 1.09 bits per heavy atom. The number of dihydropyridines is 1. The van der Waals surface area contributed by atoms with Gasteiger partial charge in [-0.2, -0.15) is 16.4 Å². The number of allylic oxidation sites excluding steroid dienone is 2. The van der Waals surface area contributed by atoms with Crippen molar-refractivity contribution in [1.82, 2.24) is 25.5 Å². The van der Waals surface area contributed by atoms with Crippen molar-refractivity contribution in [3.8, 4) is 22.8 Å². The minimum atomic E-state index is -0.582. The van der Waals surface area contributed by atoms with Crippen LogP contribution >= 0.6 is 11.3 Å². The maximum atomic E-state index is 9.86. The summed E-state index contributed by atoms with van der Waals surface area (Å²) in [6.07, 6.45) is 4.33. The zero-order valence-corrected chi connectivity index (χ0v) is 17.8. The molecule has 0 amide bonds. The molecule has 2 saturated heterocycles. The van der Waals surface area contributed by atoms with E-state index in [1.54, 1.807) is 17.5 Å². The molecule has 9 nitrogen and oxygen atoms in total. The number of pyridine rings is 1. The Hall–Kier alpha value is -3.05. The zero-order valence-electron chi connectivity index (χ0n) is 17.0. The Bertz CT molecular complexity index is 1160. The van der Waals surface area contributed by atoms with Gasteiger partial charge < -0.3 is 24.6 Å². The molecule has 0 saturated carbocycles. The monoisotopic (exact) mass is 451 g/mol. The van der Waals surface area contributed by atoms with E-state index in [1.807, 2.05) is 41.1 Å². The van der Waals surface area contributed by atoms with Crippen LogP contribution in [0.15, 0.2) is 53.2 Å². The lowest BCUT2D eigenvalue weighted by atomic mass is 10.1. The molecule has 3 aromatic rings. The number of thiophene rings is 1. The van der Waals surface area contributed by atoms with Crippen LogP contribution in [0.5, 0.6) is 0 Å². The number of fused-ring (bicyclic) bond motifs is 1. The molecule has 0 spiro atoms. The van der Waals surface area contributed by atoms with Crippen molar-refractivity contribution >= 4 is 16.9 Å². The van der Waals surface area contributed by atoms with E-state index < -0.39 is 6.10 Å². The van der Waals surface area contributed by atoms with E-state index in [9.17, 15) is 5.11 Å². The fourth-order valence-electron chi connectivity index (χ4n) is 4.08. The van der Waals surface area contributed by atoms with Gasteiger partial charge in [0.2, 0.25) is 0 Å². The van der Waals surface area contributed by atoms with Crippen LogP contribution in [-0.2, 0) is 14.2 Å². The fraction of sp³-hybridized carbons (Fsp3) is 0.318. The number of aromatic nitrogens is 4. The van der Waals surface area contributed by atoms with Gasteiger partial charge in [-0.05, 0) is 41.3 Å². The summed E-state index contributed by atoms with van der Waals surface area (Å²) in [5, 5.41) is 24.4. The number of rotatable bonds is 5. The van der Waals surface area contributed by atoms with Crippen molar-refractivity contribution in [2.24, 2.45) is 0 Å². The predicted octanol–water partition coefficient (Wildman–Crippen LogP) is 1.97. The first-order valence-corrected chi connectivity index (χ1v) is 11.3. The first-order valence-electron chi connectivity index (χ1n) is 10.4. The summed E-state index contributed by atoms with van der Waals surface area (Å²) in [6, 6.07) is 5.95. The number of hydrogen-bond acceptors (Lipinski definition) is 9. The summed E-state index contributed by atoms with van der Waals surface area (Å²) in [5.74, 6) is 2.03. The second-order valence-corrected chi connectivity index (χ2v) is 8.63. The van der Waals surface area contributed by atoms with Gasteiger partial charge in [0.05, 0.1) is 18.9 Å². The Morgan fingerprint density at radius 3 is 2.81 bits per heavy atom. The van der Waals surface area contributed by atoms with E-state index in [4.69, 9.17) is 14.2 Å². The van der Waals surface area contributed by atoms with E-state index in [-0.39, 0.29) is 24.9 Å². The second-order valence-electron chi connectivity index (χ2n) is 7.85. The molecule has 4 atom stereocenters. The largest absolute Gasteiger partial charge is 0.471 e. The minimum absolute atomic E-state index is 0.232. The van der Waals surface area contributed by atoms with Gasteiger partial charge in [-0.15, -0.1) is 0 Å². The van der Waals surface area contributed by atoms with Gasteiger partial charge >= 0.3 is 0 Å². The van der Waals surface area contributed by atoms with Gasteiger partial charge in [0.25, 0.3) is 0 Å². The summed E-state index contributed by atoms with van der Waals surface area (Å²) in [5.41, 5.74) is 3.80. The van der Waals surface area contributed by atoms with Gasteiger partial charge in [0.1, 0.15) is 18.3 Å². The third-order valence-electron chi connectivity index (χ3n) is 5.78. The topological polar surface area (TPSA) is 114 Å². The van der Waals surface area contributed by atoms with Gasteiger partial charge in [-0.3, -0.25) is 10.1 Å². The molecule has 32 heavy (non-hydrogen) atoms. The molecule has 6 heterocycles. The number of aromatic amines is 1. The molecule has 164 valence electrons. The third-order valence-corrected chi connectivity index (χ3v) is 6.46. The van der Waals surface area contributed by atoms with E-state index >= 15 is 0 Å². The Balaban J connectivity index is 1.13. The van der Waals surface area contributed by atoms with Crippen LogP contribution in [0.25, 0.3) is 28.3 Å². The third kappa shape index (κ3) is 3.61. The maximum Gasteiger partial charge on any atom is 0.187 e. The summed E-state index contributed by atoms with van der Waals surface area (Å²) < 4.78 is 17.2. The molecule has 6 rings (SSSR count). The molecule has 0 unspecified atom stereocenters. The van der Waals surface area contributed by atoms with Crippen molar-refractivity contribution in [3.05, 3.63) is 58.9 Å². The van der Waals surface area contributed by atoms with Crippen LogP contribution in [0.2, 0.25) is 0 Å². The van der Waals surface area contributed by atoms with E-state index in [0.29, 0.717) is 30.7 Å². The highest BCUT2D eigenvalue weighted by Crippen LogP contribution is 2.30. The number of H-pyrrole nitrogens is 1. The number of aliphatic hydroxyl groups is 1. The molecule has 0 aromatic carbocycles. The average Bonchev–Trinajstić information content (AvgIpc) is 3.62. The van der Waals surface area contributed by atoms with Crippen molar-refractivity contribution < 1.29 is 19.3 Å². The van der Waals surface area contributed by atoms with Crippen LogP contribution < -0.4 is 5.32 Å². The normalized spacial score (nSPS) is 26.9. The molecule has 10 heteroatoms. The number of nitrogens with one attached hydrogen (secondary N) is 2. The van der Waals surface area contributed by atoms with Crippen molar-refractivity contribution in [3.63, 3.8) is 0 Å². The minimum Gasteiger partial charge on any atom is -0.471 e. The first-order chi connectivity index (χ1) is 15.7. The van der Waals surface area contributed by atoms with Crippen LogP contribution in [0.1, 0.15) is 5.69 Å². The molecular weight excluding hydrogens is 430 g/mol. The lowest BCUT2D eigenvalue weighted by Gasteiger charge is -2.23. The van der Waals surface area contributed by atoms with Gasteiger partial charge in [0, 0.05) is 29.2 Å². The average molecular weight is 452 g/mol. The molecule has 0 aliphatic carbocycles. The number of aliphatic hydroxyl groups excluding tert-OH is 1. The molecule has 0 bridgehead atoms. The molecular formula is C22H21N5O4S. The Kier molecular flexibility index (Phi) is 4.99. The SMILES string of the molecule is O[C@@H]1CO[C@H]2[C@@H]1OC[C@@H]2OC1=CC=C(c2ccc(-c3nc(-c4ccsc4)n[nH]3)cn2)CN1. The summed E-state index contributed by atoms with van der Waals surface area (Å²) in [7, 11) is 0. The Labute approximate surface area is 187 Å². The van der Waals surface area contributed by atoms with Crippen molar-refractivity contribution in [2.45, 2.75) is 24.4 Å². The lowest BCUT2D eigenvalue weighted by molar-refractivity contribution is -0.0154. The van der Waals surface area contributed by atoms with Gasteiger partial charge in [-0.25, -0.2) is 4.98 Å². The van der Waals surface area contributed by atoms with E-state index in [0.717, 1.165) is 22.4 Å². The highest BCUT2D eigenvalue weighted by atomic mass is 32.1. The summed E-state index contributed by atoms with van der Waals surface area (Å²) in [4.78, 5) is 9.16. The highest BCUT2D eigenvalue weighted by Gasteiger charge is 2.48. The van der Waals surface area contributed by atoms with Crippen LogP contribution in [0.4, 0.5) is 0 Å². The lowest BCUT2D eigenvalue weighted by Crippen LogP contribution is -2.35. The quantitative estimate of drug-likeness (QED) is 0.540. The van der Waals surface area contributed by atoms with Crippen molar-refractivity contribution in [2.75, 3.05) is 19.8 Å². The fourth-order valence-corrected chi connectivity index (χ4v) is 4.71. The van der Waals surface area contributed by atoms with Gasteiger partial charge in [-0.1, -0.05) is 0 Å². The summed E-state index contributed by atoms with van der Waals surface area (Å²) >= 11 is 1.62. The standard InChI is InChI=1S/C22H21N5O4S/c28-16-9-29-20-17(10-30-19(16)20)31-18-4-2-12(7-24-18)15-3-1-13(8-23-15)21-25-22(27-26-21)14-5-6-32-11-14/h1-6,8,11,16-17,19-20,24,28H,7,9-10H2,(H,25,26,27)/t16-,17+,19-,20-/m1/s1. The molecule has 2 fully saturated rings. The molecule has 3 N–H and O–H groups in total. The van der Waals surface area contributed by atoms with Crippen LogP contribution in [-0.4, -0.2) is 69.4 Å². The number of hydrogen-bond donors (Lipinski definition) is 3. The molecule has 3 aliphatic rings. The first kappa shape index (κ1) is 19.6. The van der Waals surface area contributed by atoms with Gasteiger partial charge in [0.15, 0.2) is 23.6 Å². The van der Waals surface area contributed by atoms with E-state index in [2.05, 4.69) is 25.5 Å². The molecule has 0 radical (unpaired) electrons. The van der Waals surface area contributed by atoms with Crippen LogP contribution in [0.3, 0.4) is 0 Å². The van der Waals surface area contributed by atoms with E-state index in [1.165, 1.54) is 0 Å². The maximum absolute atomic E-state index is 9.86. The number of ether oxygens (including phenoxy) is 3.